The Bertz CT molecular complexity index is 712. The summed E-state index contributed by atoms with van der Waals surface area (Å²) >= 11 is 0. The van der Waals surface area contributed by atoms with Crippen LogP contribution < -0.4 is 10.1 Å². The van der Waals surface area contributed by atoms with Crippen LogP contribution in [0.3, 0.4) is 0 Å². The Balaban J connectivity index is 1.92. The van der Waals surface area contributed by atoms with Crippen LogP contribution in [0.2, 0.25) is 0 Å². The maximum atomic E-state index is 12.1. The molecule has 140 valence electrons. The van der Waals surface area contributed by atoms with Crippen LogP contribution in [-0.2, 0) is 23.9 Å². The van der Waals surface area contributed by atoms with Crippen LogP contribution in [0.1, 0.15) is 25.8 Å². The minimum absolute atomic E-state index is 0.0785. The van der Waals surface area contributed by atoms with Crippen LogP contribution in [-0.4, -0.2) is 44.2 Å². The zero-order valence-corrected chi connectivity index (χ0v) is 15.1. The first kappa shape index (κ1) is 19.5. The Kier molecular flexibility index (Phi) is 6.77. The van der Waals surface area contributed by atoms with Crippen LogP contribution in [0.4, 0.5) is 0 Å². The molecule has 1 N–H and O–H groups in total. The van der Waals surface area contributed by atoms with Gasteiger partial charge in [-0.05, 0) is 18.1 Å². The molecule has 1 aliphatic heterocycles. The highest BCUT2D eigenvalue weighted by molar-refractivity contribution is 5.96. The molecule has 2 atom stereocenters. The Morgan fingerprint density at radius 1 is 1.27 bits per heavy atom. The molecular formula is C19H23NO6. The van der Waals surface area contributed by atoms with E-state index in [2.05, 4.69) is 5.32 Å². The molecule has 1 aromatic rings. The van der Waals surface area contributed by atoms with Gasteiger partial charge in [-0.2, -0.15) is 0 Å². The van der Waals surface area contributed by atoms with Crippen molar-refractivity contribution >= 4 is 23.9 Å². The number of hydrogen-bond acceptors (Lipinski definition) is 6. The number of methoxy groups -OCH3 is 1. The second kappa shape index (κ2) is 9.03. The van der Waals surface area contributed by atoms with Gasteiger partial charge in [-0.25, -0.2) is 9.59 Å². The van der Waals surface area contributed by atoms with E-state index in [1.54, 1.807) is 6.08 Å². The number of ether oxygens (including phenoxy) is 3. The number of hydrogen-bond donors (Lipinski definition) is 1. The molecule has 2 rings (SSSR count). The molecule has 0 saturated heterocycles. The van der Waals surface area contributed by atoms with Gasteiger partial charge in [-0.3, -0.25) is 4.79 Å². The third-order valence-electron chi connectivity index (χ3n) is 4.21. The first-order valence-corrected chi connectivity index (χ1v) is 8.43. The Morgan fingerprint density at radius 2 is 2.00 bits per heavy atom. The van der Waals surface area contributed by atoms with Gasteiger partial charge in [0.05, 0.1) is 12.7 Å². The quantitative estimate of drug-likeness (QED) is 0.744. The van der Waals surface area contributed by atoms with Crippen LogP contribution in [0.25, 0.3) is 6.08 Å². The molecule has 0 aliphatic carbocycles. The second-order valence-electron chi connectivity index (χ2n) is 6.03. The van der Waals surface area contributed by atoms with Crippen LogP contribution in [0.15, 0.2) is 29.8 Å². The third-order valence-corrected chi connectivity index (χ3v) is 4.21. The molecular weight excluding hydrogens is 338 g/mol. The summed E-state index contributed by atoms with van der Waals surface area (Å²) in [7, 11) is 1.26. The first-order chi connectivity index (χ1) is 12.5. The lowest BCUT2D eigenvalue weighted by molar-refractivity contribution is -0.149. The Labute approximate surface area is 152 Å². The van der Waals surface area contributed by atoms with Crippen molar-refractivity contribution in [3.05, 3.63) is 35.4 Å². The zero-order chi connectivity index (χ0) is 19.1. The van der Waals surface area contributed by atoms with E-state index in [0.29, 0.717) is 17.7 Å². The summed E-state index contributed by atoms with van der Waals surface area (Å²) in [5, 5.41) is 2.55. The Hall–Kier alpha value is -2.83. The predicted molar refractivity (Wildman–Crippen MR) is 94.3 cm³/mol. The number of para-hydroxylation sites is 1. The number of carbonyl (C=O) groups excluding carboxylic acids is 3. The van der Waals surface area contributed by atoms with Gasteiger partial charge in [-0.1, -0.05) is 38.5 Å². The molecule has 1 aromatic carbocycles. The maximum absolute atomic E-state index is 12.1. The fraction of sp³-hybridized carbons (Fsp3) is 0.421. The van der Waals surface area contributed by atoms with Gasteiger partial charge in [0.25, 0.3) is 5.91 Å². The second-order valence-corrected chi connectivity index (χ2v) is 6.03. The number of carbonyl (C=O) groups is 3. The molecule has 7 heteroatoms. The number of amides is 1. The third kappa shape index (κ3) is 4.84. The maximum Gasteiger partial charge on any atom is 0.338 e. The normalized spacial score (nSPS) is 14.8. The number of fused-ring (bicyclic) bond motifs is 1. The van der Waals surface area contributed by atoms with E-state index < -0.39 is 30.5 Å². The van der Waals surface area contributed by atoms with E-state index in [9.17, 15) is 14.4 Å². The number of benzene rings is 1. The lowest BCUT2D eigenvalue weighted by Crippen LogP contribution is -2.47. The molecule has 0 spiro atoms. The lowest BCUT2D eigenvalue weighted by Gasteiger charge is -2.22. The van der Waals surface area contributed by atoms with Gasteiger partial charge in [-0.15, -0.1) is 0 Å². The average Bonchev–Trinajstić information content (AvgIpc) is 2.68. The van der Waals surface area contributed by atoms with Crippen molar-refractivity contribution in [2.75, 3.05) is 20.3 Å². The minimum Gasteiger partial charge on any atom is -0.488 e. The summed E-state index contributed by atoms with van der Waals surface area (Å²) in [6, 6.07) is 6.53. The highest BCUT2D eigenvalue weighted by atomic mass is 16.5. The first-order valence-electron chi connectivity index (χ1n) is 8.43. The number of esters is 2. The molecule has 1 aliphatic rings. The van der Waals surface area contributed by atoms with Crippen molar-refractivity contribution in [3.63, 3.8) is 0 Å². The van der Waals surface area contributed by atoms with Crippen molar-refractivity contribution in [1.82, 2.24) is 5.32 Å². The van der Waals surface area contributed by atoms with Gasteiger partial charge in [0.15, 0.2) is 6.61 Å². The van der Waals surface area contributed by atoms with Gasteiger partial charge in [0, 0.05) is 5.56 Å². The standard InChI is InChI=1S/C19H23NO6/c1-4-12(2)17(19(23)24-3)20-16(21)11-26-18(22)14-9-13-7-5-6-8-15(13)25-10-14/h5-9,12,17H,4,10-11H2,1-3H3,(H,20,21)/t12-,17-/m1/s1. The van der Waals surface area contributed by atoms with Gasteiger partial charge in [0.2, 0.25) is 0 Å². The van der Waals surface area contributed by atoms with Crippen LogP contribution in [0, 0.1) is 5.92 Å². The number of rotatable bonds is 7. The van der Waals surface area contributed by atoms with Crippen molar-refractivity contribution in [2.45, 2.75) is 26.3 Å². The van der Waals surface area contributed by atoms with E-state index >= 15 is 0 Å². The molecule has 0 saturated carbocycles. The molecule has 26 heavy (non-hydrogen) atoms. The molecule has 0 unspecified atom stereocenters. The van der Waals surface area contributed by atoms with Crippen LogP contribution in [0.5, 0.6) is 5.75 Å². The lowest BCUT2D eigenvalue weighted by atomic mass is 9.99. The fourth-order valence-corrected chi connectivity index (χ4v) is 2.47. The SMILES string of the molecule is CC[C@@H](C)[C@@H](NC(=O)COC(=O)C1=Cc2ccccc2OC1)C(=O)OC. The van der Waals surface area contributed by atoms with Gasteiger partial charge < -0.3 is 19.5 Å². The molecule has 0 radical (unpaired) electrons. The average molecular weight is 361 g/mol. The minimum atomic E-state index is -0.777. The summed E-state index contributed by atoms with van der Waals surface area (Å²) in [4.78, 5) is 35.9. The van der Waals surface area contributed by atoms with Gasteiger partial charge >= 0.3 is 11.9 Å². The Morgan fingerprint density at radius 3 is 2.69 bits per heavy atom. The molecule has 1 amide bonds. The zero-order valence-electron chi connectivity index (χ0n) is 15.1. The van der Waals surface area contributed by atoms with Gasteiger partial charge in [0.1, 0.15) is 18.4 Å². The monoisotopic (exact) mass is 361 g/mol. The largest absolute Gasteiger partial charge is 0.488 e. The molecule has 7 nitrogen and oxygen atoms in total. The molecule has 1 heterocycles. The van der Waals surface area contributed by atoms with E-state index in [1.165, 1.54) is 7.11 Å². The topological polar surface area (TPSA) is 90.9 Å². The highest BCUT2D eigenvalue weighted by Crippen LogP contribution is 2.26. The van der Waals surface area contributed by atoms with Crippen molar-refractivity contribution in [2.24, 2.45) is 5.92 Å². The molecule has 0 aromatic heterocycles. The summed E-state index contributed by atoms with van der Waals surface area (Å²) in [5.74, 6) is -1.14. The smallest absolute Gasteiger partial charge is 0.338 e. The van der Waals surface area contributed by atoms with Crippen molar-refractivity contribution in [3.8, 4) is 5.75 Å². The van der Waals surface area contributed by atoms with E-state index in [1.807, 2.05) is 38.1 Å². The fourth-order valence-electron chi connectivity index (χ4n) is 2.47. The predicted octanol–water partition coefficient (Wildman–Crippen LogP) is 1.71. The van der Waals surface area contributed by atoms with E-state index in [-0.39, 0.29) is 12.5 Å². The highest BCUT2D eigenvalue weighted by Gasteiger charge is 2.27. The van der Waals surface area contributed by atoms with E-state index in [0.717, 1.165) is 5.56 Å². The molecule has 0 fully saturated rings. The number of nitrogens with one attached hydrogen (secondary N) is 1. The van der Waals surface area contributed by atoms with Crippen molar-refractivity contribution < 1.29 is 28.6 Å². The van der Waals surface area contributed by atoms with Crippen molar-refractivity contribution in [1.29, 1.82) is 0 Å². The summed E-state index contributed by atoms with van der Waals surface area (Å²) < 4.78 is 15.2. The molecule has 0 bridgehead atoms. The summed E-state index contributed by atoms with van der Waals surface area (Å²) in [5.41, 5.74) is 1.10. The van der Waals surface area contributed by atoms with Crippen LogP contribution >= 0.6 is 0 Å². The van der Waals surface area contributed by atoms with E-state index in [4.69, 9.17) is 14.2 Å². The summed E-state index contributed by atoms with van der Waals surface area (Å²) in [6.45, 7) is 3.33. The summed E-state index contributed by atoms with van der Waals surface area (Å²) in [6.07, 6.45) is 2.36.